The molecule has 0 amide bonds. The molecule has 0 aliphatic carbocycles. The van der Waals surface area contributed by atoms with Gasteiger partial charge in [0.1, 0.15) is 5.75 Å². The van der Waals surface area contributed by atoms with Crippen LogP contribution in [0.1, 0.15) is 42.8 Å². The largest absolute Gasteiger partial charge is 0.481 e. The highest BCUT2D eigenvalue weighted by molar-refractivity contribution is 5.37. The van der Waals surface area contributed by atoms with Gasteiger partial charge in [-0.25, -0.2) is 0 Å². The molecule has 2 unspecified atom stereocenters. The van der Waals surface area contributed by atoms with Gasteiger partial charge in [-0.2, -0.15) is 4.98 Å². The maximum atomic E-state index is 6.14. The highest BCUT2D eigenvalue weighted by Gasteiger charge is 2.18. The van der Waals surface area contributed by atoms with E-state index >= 15 is 0 Å². The molecule has 5 nitrogen and oxygen atoms in total. The highest BCUT2D eigenvalue weighted by Crippen LogP contribution is 2.26. The summed E-state index contributed by atoms with van der Waals surface area (Å²) in [7, 11) is 1.92. The van der Waals surface area contributed by atoms with Gasteiger partial charge in [0.2, 0.25) is 0 Å². The van der Waals surface area contributed by atoms with Crippen molar-refractivity contribution in [3.05, 3.63) is 77.4 Å². The predicted octanol–water partition coefficient (Wildman–Crippen LogP) is 3.95. The Bertz CT molecular complexity index is 817. The zero-order valence-corrected chi connectivity index (χ0v) is 15.5. The van der Waals surface area contributed by atoms with Gasteiger partial charge in [0, 0.05) is 18.9 Å². The molecule has 0 saturated heterocycles. The summed E-state index contributed by atoms with van der Waals surface area (Å²) in [6, 6.07) is 18.7. The fourth-order valence-corrected chi connectivity index (χ4v) is 2.71. The van der Waals surface area contributed by atoms with Gasteiger partial charge in [0.25, 0.3) is 5.89 Å². The molecule has 0 aliphatic rings. The molecule has 136 valence electrons. The Balaban J connectivity index is 1.70. The summed E-state index contributed by atoms with van der Waals surface area (Å²) in [4.78, 5) is 4.47. The zero-order valence-electron chi connectivity index (χ0n) is 15.5. The smallest absolute Gasteiger partial charge is 0.267 e. The summed E-state index contributed by atoms with van der Waals surface area (Å²) >= 11 is 0. The van der Waals surface area contributed by atoms with E-state index in [-0.39, 0.29) is 6.10 Å². The molecule has 0 saturated carbocycles. The third-order valence-corrected chi connectivity index (χ3v) is 4.33. The lowest BCUT2D eigenvalue weighted by atomic mass is 10.0. The Morgan fingerprint density at radius 1 is 1.04 bits per heavy atom. The standard InChI is InChI=1S/C21H25N3O2/c1-15(22-3)13-20-23-21(26-24-20)16(2)25-19-12-8-7-11-18(19)14-17-9-5-4-6-10-17/h4-12,15-16,22H,13-14H2,1-3H3. The van der Waals surface area contributed by atoms with E-state index in [1.807, 2.05) is 50.4 Å². The monoisotopic (exact) mass is 351 g/mol. The molecule has 0 spiro atoms. The Morgan fingerprint density at radius 3 is 2.54 bits per heavy atom. The normalized spacial score (nSPS) is 13.3. The number of para-hydroxylation sites is 1. The van der Waals surface area contributed by atoms with Gasteiger partial charge >= 0.3 is 0 Å². The first kappa shape index (κ1) is 18.1. The number of likely N-dealkylation sites (N-methyl/N-ethyl adjacent to an activating group) is 1. The Labute approximate surface area is 154 Å². The molecule has 5 heteroatoms. The quantitative estimate of drug-likeness (QED) is 0.666. The van der Waals surface area contributed by atoms with Crippen molar-refractivity contribution in [1.29, 1.82) is 0 Å². The third-order valence-electron chi connectivity index (χ3n) is 4.33. The lowest BCUT2D eigenvalue weighted by Crippen LogP contribution is -2.24. The molecule has 3 aromatic rings. The Kier molecular flexibility index (Phi) is 6.02. The second-order valence-electron chi connectivity index (χ2n) is 6.47. The predicted molar refractivity (Wildman–Crippen MR) is 101 cm³/mol. The van der Waals surface area contributed by atoms with E-state index in [1.54, 1.807) is 0 Å². The molecule has 3 rings (SSSR count). The third kappa shape index (κ3) is 4.70. The highest BCUT2D eigenvalue weighted by atomic mass is 16.5. The summed E-state index contributed by atoms with van der Waals surface area (Å²) < 4.78 is 11.5. The minimum atomic E-state index is -0.307. The van der Waals surface area contributed by atoms with Crippen LogP contribution in [0.15, 0.2) is 59.1 Å². The van der Waals surface area contributed by atoms with Crippen LogP contribution in [0.4, 0.5) is 0 Å². The first-order valence-corrected chi connectivity index (χ1v) is 8.94. The lowest BCUT2D eigenvalue weighted by molar-refractivity contribution is 0.174. The SMILES string of the molecule is CNC(C)Cc1noc(C(C)Oc2ccccc2Cc2ccccc2)n1. The number of hydrogen-bond acceptors (Lipinski definition) is 5. The van der Waals surface area contributed by atoms with Gasteiger partial charge in [0.15, 0.2) is 11.9 Å². The molecule has 0 aliphatic heterocycles. The average molecular weight is 351 g/mol. The van der Waals surface area contributed by atoms with E-state index in [0.717, 1.165) is 24.2 Å². The molecule has 1 N–H and O–H groups in total. The Morgan fingerprint density at radius 2 is 1.77 bits per heavy atom. The van der Waals surface area contributed by atoms with Gasteiger partial charge in [-0.05, 0) is 38.1 Å². The van der Waals surface area contributed by atoms with E-state index in [1.165, 1.54) is 5.56 Å². The number of rotatable bonds is 8. The van der Waals surface area contributed by atoms with Crippen molar-refractivity contribution in [3.8, 4) is 5.75 Å². The van der Waals surface area contributed by atoms with Crippen LogP contribution in [0, 0.1) is 0 Å². The van der Waals surface area contributed by atoms with E-state index in [2.05, 4.69) is 40.6 Å². The van der Waals surface area contributed by atoms with Crippen LogP contribution >= 0.6 is 0 Å². The van der Waals surface area contributed by atoms with Crippen LogP contribution in [0.25, 0.3) is 0 Å². The number of aromatic nitrogens is 2. The fourth-order valence-electron chi connectivity index (χ4n) is 2.71. The maximum absolute atomic E-state index is 6.14. The minimum Gasteiger partial charge on any atom is -0.481 e. The van der Waals surface area contributed by atoms with Gasteiger partial charge in [-0.1, -0.05) is 53.7 Å². The summed E-state index contributed by atoms with van der Waals surface area (Å²) in [5.41, 5.74) is 2.38. The van der Waals surface area contributed by atoms with Crippen molar-refractivity contribution < 1.29 is 9.26 Å². The van der Waals surface area contributed by atoms with E-state index in [0.29, 0.717) is 17.8 Å². The van der Waals surface area contributed by atoms with Gasteiger partial charge in [0.05, 0.1) is 0 Å². The lowest BCUT2D eigenvalue weighted by Gasteiger charge is -2.15. The van der Waals surface area contributed by atoms with Crippen LogP contribution in [-0.4, -0.2) is 23.2 Å². The van der Waals surface area contributed by atoms with Crippen molar-refractivity contribution in [2.75, 3.05) is 7.05 Å². The molecule has 1 heterocycles. The number of nitrogens with zero attached hydrogens (tertiary/aromatic N) is 2. The van der Waals surface area contributed by atoms with Crippen molar-refractivity contribution in [1.82, 2.24) is 15.5 Å². The molecule has 0 bridgehead atoms. The summed E-state index contributed by atoms with van der Waals surface area (Å²) in [5.74, 6) is 2.03. The molecule has 2 aromatic carbocycles. The number of nitrogens with one attached hydrogen (secondary N) is 1. The van der Waals surface area contributed by atoms with E-state index in [9.17, 15) is 0 Å². The topological polar surface area (TPSA) is 60.2 Å². The molecular formula is C21H25N3O2. The molecule has 1 aromatic heterocycles. The van der Waals surface area contributed by atoms with Gasteiger partial charge in [-0.15, -0.1) is 0 Å². The molecule has 26 heavy (non-hydrogen) atoms. The molecule has 0 fully saturated rings. The summed E-state index contributed by atoms with van der Waals surface area (Å²) in [6.07, 6.45) is 1.23. The minimum absolute atomic E-state index is 0.295. The van der Waals surface area contributed by atoms with E-state index in [4.69, 9.17) is 9.26 Å². The maximum Gasteiger partial charge on any atom is 0.267 e. The molecule has 2 atom stereocenters. The molecular weight excluding hydrogens is 326 g/mol. The van der Waals surface area contributed by atoms with Crippen molar-refractivity contribution in [2.45, 2.75) is 38.8 Å². The zero-order chi connectivity index (χ0) is 18.4. The van der Waals surface area contributed by atoms with Gasteiger partial charge in [-0.3, -0.25) is 0 Å². The first-order chi connectivity index (χ1) is 12.7. The summed E-state index contributed by atoms with van der Waals surface area (Å²) in [6.45, 7) is 4.01. The van der Waals surface area contributed by atoms with Crippen molar-refractivity contribution >= 4 is 0 Å². The van der Waals surface area contributed by atoms with Crippen LogP contribution in [0.3, 0.4) is 0 Å². The van der Waals surface area contributed by atoms with Crippen molar-refractivity contribution in [2.24, 2.45) is 0 Å². The van der Waals surface area contributed by atoms with E-state index < -0.39 is 0 Å². The second-order valence-corrected chi connectivity index (χ2v) is 6.47. The summed E-state index contributed by atoms with van der Waals surface area (Å²) in [5, 5.41) is 7.22. The number of ether oxygens (including phenoxy) is 1. The van der Waals surface area contributed by atoms with Crippen LogP contribution in [0.5, 0.6) is 5.75 Å². The number of benzene rings is 2. The van der Waals surface area contributed by atoms with Crippen molar-refractivity contribution in [3.63, 3.8) is 0 Å². The molecule has 0 radical (unpaired) electrons. The first-order valence-electron chi connectivity index (χ1n) is 8.94. The Hall–Kier alpha value is -2.66. The van der Waals surface area contributed by atoms with Crippen LogP contribution < -0.4 is 10.1 Å². The fraction of sp³-hybridized carbons (Fsp3) is 0.333. The van der Waals surface area contributed by atoms with Gasteiger partial charge < -0.3 is 14.6 Å². The number of hydrogen-bond donors (Lipinski definition) is 1. The average Bonchev–Trinajstić information content (AvgIpc) is 3.12. The van der Waals surface area contributed by atoms with Crippen LogP contribution in [0.2, 0.25) is 0 Å². The second kappa shape index (κ2) is 8.63. The van der Waals surface area contributed by atoms with Crippen LogP contribution in [-0.2, 0) is 12.8 Å².